The lowest BCUT2D eigenvalue weighted by atomic mass is 9.83. The van der Waals surface area contributed by atoms with Gasteiger partial charge in [0.2, 0.25) is 0 Å². The fraction of sp³-hybridized carbons (Fsp3) is 0.0900. The summed E-state index contributed by atoms with van der Waals surface area (Å²) in [6, 6.07) is 111. The van der Waals surface area contributed by atoms with Gasteiger partial charge in [0, 0.05) is 79.4 Å². The monoisotopic (exact) mass is 1380 g/mol. The molecule has 6 heteroatoms. The number of hydrogen-bond acceptors (Lipinski definition) is 5. The van der Waals surface area contributed by atoms with Gasteiger partial charge in [-0.25, -0.2) is 0 Å². The predicted octanol–water partition coefficient (Wildman–Crippen LogP) is 27.5. The van der Waals surface area contributed by atoms with Gasteiger partial charge in [-0.2, -0.15) is 0 Å². The molecule has 504 valence electrons. The Labute approximate surface area is 616 Å². The number of para-hydroxylation sites is 2. The van der Waals surface area contributed by atoms with Crippen molar-refractivity contribution in [3.8, 4) is 66.8 Å². The molecule has 0 fully saturated rings. The molecule has 16 aromatic carbocycles. The van der Waals surface area contributed by atoms with E-state index in [4.69, 9.17) is 13.8 Å². The van der Waals surface area contributed by atoms with Crippen LogP contribution in [0.1, 0.15) is 49.1 Å². The molecule has 5 heterocycles. The van der Waals surface area contributed by atoms with Crippen LogP contribution < -0.4 is 15.1 Å². The van der Waals surface area contributed by atoms with E-state index in [2.05, 4.69) is 366 Å². The van der Waals surface area contributed by atoms with Crippen LogP contribution in [0, 0.1) is 0 Å². The highest BCUT2D eigenvalue weighted by Gasteiger charge is 2.34. The highest BCUT2D eigenvalue weighted by atomic mass is 28.3. The molecule has 19 aromatic rings. The molecule has 0 amide bonds. The van der Waals surface area contributed by atoms with Crippen LogP contribution in [-0.2, 0) is 12.0 Å². The number of anilines is 4. The van der Waals surface area contributed by atoms with E-state index < -0.39 is 8.07 Å². The third kappa shape index (κ3) is 9.70. The van der Waals surface area contributed by atoms with E-state index in [0.29, 0.717) is 6.54 Å². The van der Waals surface area contributed by atoms with Crippen molar-refractivity contribution in [3.05, 3.63) is 332 Å². The normalized spacial score (nSPS) is 13.9. The predicted molar refractivity (Wildman–Crippen MR) is 451 cm³/mol. The van der Waals surface area contributed by atoms with Crippen molar-refractivity contribution in [2.75, 3.05) is 9.80 Å². The van der Waals surface area contributed by atoms with Crippen LogP contribution in [0.25, 0.3) is 171 Å². The Morgan fingerprint density at radius 3 is 1.75 bits per heavy atom. The second kappa shape index (κ2) is 23.5. The summed E-state index contributed by atoms with van der Waals surface area (Å²) in [5.41, 5.74) is 26.3. The molecule has 0 bridgehead atoms. The minimum Gasteiger partial charge on any atom is -0.455 e. The zero-order valence-electron chi connectivity index (χ0n) is 60.0. The Kier molecular flexibility index (Phi) is 13.7. The molecule has 1 unspecified atom stereocenters. The Morgan fingerprint density at radius 1 is 0.387 bits per heavy atom. The lowest BCUT2D eigenvalue weighted by Crippen LogP contribution is -2.39. The molecule has 21 rings (SSSR count). The number of pyridine rings is 1. The third-order valence-electron chi connectivity index (χ3n) is 22.9. The van der Waals surface area contributed by atoms with Crippen molar-refractivity contribution in [2.45, 2.75) is 58.4 Å². The average molecular weight is 1380 g/mol. The lowest BCUT2D eigenvalue weighted by Gasteiger charge is -2.36. The molecule has 0 saturated carbocycles. The molecule has 2 aliphatic heterocycles. The molecule has 5 nitrogen and oxygen atoms in total. The van der Waals surface area contributed by atoms with Crippen molar-refractivity contribution in [2.24, 2.45) is 0 Å². The first kappa shape index (κ1) is 62.0. The standard InChI is InChI=1S/C100H73N3O2Si/c1-100(2,3)72-33-19-30-67(53-72)77-38-21-32-70-59-102(86-41-16-14-37-82(86)93(70)77)73-56-84-83-54-71(69-43-49-91(101-58-69)106(4,5)6)55-89-94(83)96-80(45-44-78(98(96)104-89)66-29-17-27-62(50-66)63-28-18-31-68(51-63)92-75-35-12-8-24-64(75)52-65-25-9-13-36-76(65)92)81-46-48-88(99-97(81)95(84)90(57-73)105-99)103-85-40-15-10-23-61(85)42-47-87(103)79-39-20-26-60-22-7-11-34-74(60)79/h7-58,87H,59H2,1-6H3. The quantitative estimate of drug-likeness (QED) is 0.106. The van der Waals surface area contributed by atoms with Crippen molar-refractivity contribution < 1.29 is 8.83 Å². The van der Waals surface area contributed by atoms with Gasteiger partial charge in [-0.1, -0.05) is 277 Å². The van der Waals surface area contributed by atoms with Gasteiger partial charge in [-0.15, -0.1) is 0 Å². The maximum atomic E-state index is 7.97. The molecule has 0 saturated heterocycles. The second-order valence-electron chi connectivity index (χ2n) is 31.3. The topological polar surface area (TPSA) is 45.7 Å². The van der Waals surface area contributed by atoms with Crippen LogP contribution in [0.2, 0.25) is 19.6 Å². The van der Waals surface area contributed by atoms with E-state index in [9.17, 15) is 0 Å². The maximum absolute atomic E-state index is 7.97. The summed E-state index contributed by atoms with van der Waals surface area (Å²) >= 11 is 0. The summed E-state index contributed by atoms with van der Waals surface area (Å²) in [7, 11) is -1.76. The number of hydrogen-bond donors (Lipinski definition) is 0. The fourth-order valence-electron chi connectivity index (χ4n) is 17.8. The van der Waals surface area contributed by atoms with E-state index in [0.717, 1.165) is 127 Å². The van der Waals surface area contributed by atoms with Crippen LogP contribution in [0.3, 0.4) is 0 Å². The van der Waals surface area contributed by atoms with Gasteiger partial charge in [0.15, 0.2) is 5.58 Å². The molecule has 2 aliphatic rings. The van der Waals surface area contributed by atoms with Crippen molar-refractivity contribution in [1.82, 2.24) is 4.98 Å². The van der Waals surface area contributed by atoms with Crippen LogP contribution in [0.5, 0.6) is 0 Å². The summed E-state index contributed by atoms with van der Waals surface area (Å²) < 4.78 is 15.7. The van der Waals surface area contributed by atoms with Crippen LogP contribution in [0.15, 0.2) is 318 Å². The summed E-state index contributed by atoms with van der Waals surface area (Å²) in [5.74, 6) is 0. The number of nitrogens with zero attached hydrogens (tertiary/aromatic N) is 3. The zero-order chi connectivity index (χ0) is 70.8. The smallest absolute Gasteiger partial charge is 0.159 e. The first-order valence-electron chi connectivity index (χ1n) is 37.1. The van der Waals surface area contributed by atoms with Gasteiger partial charge >= 0.3 is 0 Å². The SMILES string of the molecule is CC(C)(C)c1cccc(-c2cccc3c2-c2ccccc2N(c2cc4oc5c(N6c7ccccc7C=CC6c6cccc7ccccc67)ccc6c7ccc(-c8cccc(-c9cccc(-c%10c%11ccccc%11cc%11ccccc%10%11)c9)c8)c8oc9cc(-c%10ccc([Si](C)(C)C)nc%10)cc(c(c2)c4c56)c9c87)C3)c1. The number of aromatic nitrogens is 1. The number of furan rings is 2. The summed E-state index contributed by atoms with van der Waals surface area (Å²) in [4.78, 5) is 10.3. The molecule has 106 heavy (non-hydrogen) atoms. The molecule has 0 radical (unpaired) electrons. The van der Waals surface area contributed by atoms with Crippen LogP contribution in [-0.4, -0.2) is 13.1 Å². The van der Waals surface area contributed by atoms with Gasteiger partial charge in [0.25, 0.3) is 0 Å². The van der Waals surface area contributed by atoms with Gasteiger partial charge in [0.05, 0.1) is 11.7 Å². The number of benzene rings is 15. The van der Waals surface area contributed by atoms with Crippen molar-refractivity contribution in [1.29, 1.82) is 0 Å². The highest BCUT2D eigenvalue weighted by Crippen LogP contribution is 2.56. The average Bonchev–Trinajstić information content (AvgIpc) is 1.52. The Balaban J connectivity index is 0.840. The van der Waals surface area contributed by atoms with E-state index in [1.54, 1.807) is 0 Å². The molecule has 0 N–H and O–H groups in total. The molecular formula is C100H73N3O2Si. The molecule has 1 atom stereocenters. The molecule has 0 spiro atoms. The first-order valence-corrected chi connectivity index (χ1v) is 40.6. The van der Waals surface area contributed by atoms with Crippen LogP contribution >= 0.6 is 0 Å². The van der Waals surface area contributed by atoms with E-state index >= 15 is 0 Å². The Morgan fingerprint density at radius 2 is 0.991 bits per heavy atom. The van der Waals surface area contributed by atoms with Crippen molar-refractivity contribution in [3.63, 3.8) is 0 Å². The minimum absolute atomic E-state index is 0.00823. The first-order chi connectivity index (χ1) is 51.8. The second-order valence-corrected chi connectivity index (χ2v) is 36.3. The molecule has 0 aliphatic carbocycles. The van der Waals surface area contributed by atoms with Crippen LogP contribution in [0.4, 0.5) is 22.7 Å². The number of fused-ring (bicyclic) bond motifs is 9. The summed E-state index contributed by atoms with van der Waals surface area (Å²) in [5, 5.41) is 17.1. The number of rotatable bonds is 9. The molecule has 3 aromatic heterocycles. The minimum atomic E-state index is -1.76. The van der Waals surface area contributed by atoms with Gasteiger partial charge in [-0.3, -0.25) is 4.98 Å². The van der Waals surface area contributed by atoms with E-state index in [1.165, 1.54) is 87.7 Å². The molecular weight excluding hydrogens is 1300 g/mol. The zero-order valence-corrected chi connectivity index (χ0v) is 61.0. The van der Waals surface area contributed by atoms with E-state index in [-0.39, 0.29) is 11.5 Å². The van der Waals surface area contributed by atoms with Crippen molar-refractivity contribution >= 4 is 140 Å². The fourth-order valence-corrected chi connectivity index (χ4v) is 18.8. The maximum Gasteiger partial charge on any atom is 0.159 e. The Bertz CT molecular complexity index is 6860. The third-order valence-corrected chi connectivity index (χ3v) is 24.7. The largest absolute Gasteiger partial charge is 0.455 e. The van der Waals surface area contributed by atoms with E-state index in [1.807, 2.05) is 0 Å². The summed E-state index contributed by atoms with van der Waals surface area (Å²) in [6.45, 7) is 14.6. The van der Waals surface area contributed by atoms with Gasteiger partial charge in [-0.05, 0) is 198 Å². The highest BCUT2D eigenvalue weighted by molar-refractivity contribution is 6.88. The lowest BCUT2D eigenvalue weighted by molar-refractivity contribution is 0.590. The summed E-state index contributed by atoms with van der Waals surface area (Å²) in [6.07, 6.45) is 6.77. The van der Waals surface area contributed by atoms with Gasteiger partial charge in [0.1, 0.15) is 24.8 Å². The van der Waals surface area contributed by atoms with Gasteiger partial charge < -0.3 is 18.6 Å². The Hall–Kier alpha value is -12.6.